The second-order valence-electron chi connectivity index (χ2n) is 8.00. The number of hydrogen-bond donors (Lipinski definition) is 0. The maximum atomic E-state index is 13.5. The third kappa shape index (κ3) is 4.18. The van der Waals surface area contributed by atoms with E-state index in [9.17, 15) is 14.0 Å². The number of nitrogens with zero attached hydrogens (tertiary/aromatic N) is 2. The summed E-state index contributed by atoms with van der Waals surface area (Å²) in [5, 5.41) is 4.05. The molecule has 1 atom stereocenters. The normalized spacial score (nSPS) is 21.8. The van der Waals surface area contributed by atoms with E-state index in [1.165, 1.54) is 12.1 Å². The van der Waals surface area contributed by atoms with Crippen molar-refractivity contribution in [2.45, 2.75) is 39.0 Å². The Balaban J connectivity index is 1.57. The van der Waals surface area contributed by atoms with Crippen LogP contribution in [0.3, 0.4) is 0 Å². The fraction of sp³-hybridized carbons (Fsp3) is 0.500. The predicted octanol–water partition coefficient (Wildman–Crippen LogP) is 3.61. The molecular weight excluding hydrogens is 375 g/mol. The molecule has 0 spiro atoms. The molecule has 0 unspecified atom stereocenters. The van der Waals surface area contributed by atoms with Crippen LogP contribution >= 0.6 is 0 Å². The van der Waals surface area contributed by atoms with Crippen LogP contribution in [-0.2, 0) is 20.7 Å². The molecule has 154 valence electrons. The topological polar surface area (TPSA) is 72.6 Å². The number of carbonyl (C=O) groups is 2. The van der Waals surface area contributed by atoms with Crippen molar-refractivity contribution in [2.24, 2.45) is 11.3 Å². The zero-order valence-corrected chi connectivity index (χ0v) is 16.5. The first-order valence-corrected chi connectivity index (χ1v) is 10.2. The highest BCUT2D eigenvalue weighted by Crippen LogP contribution is 2.39. The molecular formula is C22H25FN2O4. The summed E-state index contributed by atoms with van der Waals surface area (Å²) >= 11 is 0. The number of piperidine rings is 1. The van der Waals surface area contributed by atoms with Gasteiger partial charge in [-0.2, -0.15) is 0 Å². The number of benzene rings is 1. The van der Waals surface area contributed by atoms with Gasteiger partial charge in [0.2, 0.25) is 5.91 Å². The molecule has 7 heteroatoms. The van der Waals surface area contributed by atoms with Crippen LogP contribution in [0.2, 0.25) is 0 Å². The van der Waals surface area contributed by atoms with Crippen molar-refractivity contribution in [1.82, 2.24) is 10.1 Å². The Kier molecular flexibility index (Phi) is 5.39. The Morgan fingerprint density at radius 1 is 1.34 bits per heavy atom. The molecule has 1 aromatic carbocycles. The van der Waals surface area contributed by atoms with Gasteiger partial charge in [0, 0.05) is 37.1 Å². The summed E-state index contributed by atoms with van der Waals surface area (Å²) in [7, 11) is 0. The number of esters is 1. The van der Waals surface area contributed by atoms with Gasteiger partial charge >= 0.3 is 5.97 Å². The first-order valence-electron chi connectivity index (χ1n) is 10.2. The predicted molar refractivity (Wildman–Crippen MR) is 103 cm³/mol. The Labute approximate surface area is 169 Å². The number of carbonyl (C=O) groups excluding carboxylic acids is 2. The third-order valence-corrected chi connectivity index (χ3v) is 5.72. The van der Waals surface area contributed by atoms with Gasteiger partial charge in [-0.25, -0.2) is 4.39 Å². The largest absolute Gasteiger partial charge is 0.466 e. The molecule has 2 aliphatic rings. The van der Waals surface area contributed by atoms with Gasteiger partial charge in [0.25, 0.3) is 0 Å². The Morgan fingerprint density at radius 3 is 2.90 bits per heavy atom. The zero-order valence-electron chi connectivity index (χ0n) is 16.5. The molecule has 2 aromatic rings. The van der Waals surface area contributed by atoms with Gasteiger partial charge in [-0.3, -0.25) is 9.59 Å². The molecule has 2 fully saturated rings. The number of hydrogen-bond acceptors (Lipinski definition) is 5. The third-order valence-electron chi connectivity index (χ3n) is 5.72. The van der Waals surface area contributed by atoms with E-state index in [1.54, 1.807) is 25.1 Å². The first-order chi connectivity index (χ1) is 14.0. The van der Waals surface area contributed by atoms with Crippen LogP contribution in [0.15, 0.2) is 34.9 Å². The van der Waals surface area contributed by atoms with Crippen LogP contribution in [-0.4, -0.2) is 41.6 Å². The summed E-state index contributed by atoms with van der Waals surface area (Å²) in [6.45, 7) is 3.05. The monoisotopic (exact) mass is 400 g/mol. The molecule has 2 heterocycles. The van der Waals surface area contributed by atoms with E-state index in [0.29, 0.717) is 42.9 Å². The lowest BCUT2D eigenvalue weighted by molar-refractivity contribution is -0.161. The van der Waals surface area contributed by atoms with E-state index in [1.807, 2.05) is 4.90 Å². The van der Waals surface area contributed by atoms with Crippen LogP contribution in [0, 0.1) is 17.2 Å². The van der Waals surface area contributed by atoms with Crippen molar-refractivity contribution >= 4 is 11.9 Å². The lowest BCUT2D eigenvalue weighted by Gasteiger charge is -2.40. The molecule has 1 aromatic heterocycles. The standard InChI is InChI=1S/C22H25FN2O4/c1-2-28-21(27)22(9-4-10-25(14-22)20(26)15-7-8-15)13-18-12-19(24-29-18)16-5-3-6-17(23)11-16/h3,5-6,11-12,15H,2,4,7-10,13-14H2,1H3/t22-/m1/s1. The zero-order chi connectivity index (χ0) is 20.4. The fourth-order valence-corrected chi connectivity index (χ4v) is 4.09. The molecule has 0 radical (unpaired) electrons. The second-order valence-corrected chi connectivity index (χ2v) is 8.00. The van der Waals surface area contributed by atoms with Gasteiger partial charge in [0.15, 0.2) is 0 Å². The number of aromatic nitrogens is 1. The van der Waals surface area contributed by atoms with E-state index in [4.69, 9.17) is 9.26 Å². The van der Waals surface area contributed by atoms with E-state index >= 15 is 0 Å². The molecule has 0 N–H and O–H groups in total. The van der Waals surface area contributed by atoms with Gasteiger partial charge in [-0.05, 0) is 44.7 Å². The first kappa shape index (κ1) is 19.6. The maximum Gasteiger partial charge on any atom is 0.314 e. The van der Waals surface area contributed by atoms with E-state index in [2.05, 4.69) is 5.16 Å². The molecule has 1 aliphatic heterocycles. The van der Waals surface area contributed by atoms with Gasteiger partial charge < -0.3 is 14.2 Å². The van der Waals surface area contributed by atoms with Crippen molar-refractivity contribution in [3.05, 3.63) is 41.9 Å². The van der Waals surface area contributed by atoms with E-state index in [0.717, 1.165) is 19.3 Å². The molecule has 6 nitrogen and oxygen atoms in total. The summed E-state index contributed by atoms with van der Waals surface area (Å²) in [5.74, 6) is 0.112. The van der Waals surface area contributed by atoms with E-state index < -0.39 is 5.41 Å². The van der Waals surface area contributed by atoms with Crippen LogP contribution in [0.5, 0.6) is 0 Å². The van der Waals surface area contributed by atoms with Crippen LogP contribution in [0.25, 0.3) is 11.3 Å². The summed E-state index contributed by atoms with van der Waals surface area (Å²) in [6.07, 6.45) is 3.52. The molecule has 29 heavy (non-hydrogen) atoms. The molecule has 1 saturated carbocycles. The van der Waals surface area contributed by atoms with Gasteiger partial charge in [0.05, 0.1) is 12.0 Å². The van der Waals surface area contributed by atoms with Crippen molar-refractivity contribution < 1.29 is 23.2 Å². The quantitative estimate of drug-likeness (QED) is 0.693. The highest BCUT2D eigenvalue weighted by Gasteiger charge is 2.47. The summed E-state index contributed by atoms with van der Waals surface area (Å²) in [4.78, 5) is 27.3. The lowest BCUT2D eigenvalue weighted by atomic mass is 9.76. The van der Waals surface area contributed by atoms with Crippen molar-refractivity contribution in [2.75, 3.05) is 19.7 Å². The number of amides is 1. The lowest BCUT2D eigenvalue weighted by Crippen LogP contribution is -2.52. The van der Waals surface area contributed by atoms with Crippen LogP contribution < -0.4 is 0 Å². The van der Waals surface area contributed by atoms with Crippen LogP contribution in [0.4, 0.5) is 4.39 Å². The minimum Gasteiger partial charge on any atom is -0.466 e. The molecule has 1 aliphatic carbocycles. The average Bonchev–Trinajstić information content (AvgIpc) is 3.47. The molecule has 0 bridgehead atoms. The van der Waals surface area contributed by atoms with Gasteiger partial charge in [-0.15, -0.1) is 0 Å². The highest BCUT2D eigenvalue weighted by molar-refractivity contribution is 5.83. The summed E-state index contributed by atoms with van der Waals surface area (Å²) in [5.41, 5.74) is 0.275. The van der Waals surface area contributed by atoms with Crippen LogP contribution in [0.1, 0.15) is 38.4 Å². The number of halogens is 1. The minimum atomic E-state index is -0.850. The fourth-order valence-electron chi connectivity index (χ4n) is 4.09. The summed E-state index contributed by atoms with van der Waals surface area (Å²) < 4.78 is 24.4. The molecule has 1 amide bonds. The summed E-state index contributed by atoms with van der Waals surface area (Å²) in [6, 6.07) is 7.86. The molecule has 1 saturated heterocycles. The Hall–Kier alpha value is -2.70. The Bertz CT molecular complexity index is 908. The van der Waals surface area contributed by atoms with E-state index in [-0.39, 0.29) is 30.2 Å². The number of likely N-dealkylation sites (tertiary alicyclic amines) is 1. The number of ether oxygens (including phenoxy) is 1. The second kappa shape index (κ2) is 7.97. The number of rotatable bonds is 6. The minimum absolute atomic E-state index is 0.109. The smallest absolute Gasteiger partial charge is 0.314 e. The van der Waals surface area contributed by atoms with Gasteiger partial charge in [-0.1, -0.05) is 17.3 Å². The molecule has 4 rings (SSSR count). The van der Waals surface area contributed by atoms with Gasteiger partial charge in [0.1, 0.15) is 17.3 Å². The van der Waals surface area contributed by atoms with Crippen molar-refractivity contribution in [1.29, 1.82) is 0 Å². The SMILES string of the molecule is CCOC(=O)[C@@]1(Cc2cc(-c3cccc(F)c3)no2)CCCN(C(=O)C2CC2)C1. The Morgan fingerprint density at radius 2 is 2.17 bits per heavy atom. The highest BCUT2D eigenvalue weighted by atomic mass is 19.1. The van der Waals surface area contributed by atoms with Crippen molar-refractivity contribution in [3.8, 4) is 11.3 Å². The average molecular weight is 400 g/mol. The van der Waals surface area contributed by atoms with Crippen molar-refractivity contribution in [3.63, 3.8) is 0 Å². The maximum absolute atomic E-state index is 13.5.